The summed E-state index contributed by atoms with van der Waals surface area (Å²) in [6.07, 6.45) is 5.24. The number of hydrogen-bond donors (Lipinski definition) is 0. The number of hydrogen-bond acceptors (Lipinski definition) is 3. The van der Waals surface area contributed by atoms with Crippen LogP contribution in [0.4, 0.5) is 0 Å². The molecule has 0 unspecified atom stereocenters. The SMILES string of the molecule is Cc1ccc(/C=C/C(=O)N2CCC3(CC2)CC(=O)c2ccc(C)c(C)c2O3)cc1. The van der Waals surface area contributed by atoms with Gasteiger partial charge in [0.05, 0.1) is 12.0 Å². The number of piperidine rings is 1. The molecule has 0 N–H and O–H groups in total. The summed E-state index contributed by atoms with van der Waals surface area (Å²) in [5.74, 6) is 0.892. The van der Waals surface area contributed by atoms with Gasteiger partial charge in [-0.3, -0.25) is 9.59 Å². The van der Waals surface area contributed by atoms with Gasteiger partial charge in [0.2, 0.25) is 5.91 Å². The summed E-state index contributed by atoms with van der Waals surface area (Å²) in [5, 5.41) is 0. The number of carbonyl (C=O) groups is 2. The fourth-order valence-electron chi connectivity index (χ4n) is 4.15. The molecule has 0 aromatic heterocycles. The van der Waals surface area contributed by atoms with Gasteiger partial charge in [0, 0.05) is 32.0 Å². The number of likely N-dealkylation sites (tertiary alicyclic amines) is 1. The summed E-state index contributed by atoms with van der Waals surface area (Å²) in [7, 11) is 0. The molecule has 4 rings (SSSR count). The molecule has 2 aromatic rings. The third-order valence-electron chi connectivity index (χ3n) is 6.26. The first-order chi connectivity index (χ1) is 13.9. The Bertz CT molecular complexity index is 980. The smallest absolute Gasteiger partial charge is 0.246 e. The summed E-state index contributed by atoms with van der Waals surface area (Å²) in [4.78, 5) is 27.2. The van der Waals surface area contributed by atoms with E-state index < -0.39 is 5.60 Å². The van der Waals surface area contributed by atoms with Gasteiger partial charge in [-0.1, -0.05) is 35.9 Å². The predicted octanol–water partition coefficient (Wildman–Crippen LogP) is 4.65. The van der Waals surface area contributed by atoms with E-state index in [4.69, 9.17) is 4.74 Å². The van der Waals surface area contributed by atoms with Crippen LogP contribution in [0.3, 0.4) is 0 Å². The monoisotopic (exact) mass is 389 g/mol. The van der Waals surface area contributed by atoms with Crippen LogP contribution in [0.15, 0.2) is 42.5 Å². The number of carbonyl (C=O) groups excluding carboxylic acids is 2. The number of Topliss-reactive ketones (excluding diaryl/α,β-unsaturated/α-hetero) is 1. The van der Waals surface area contributed by atoms with Crippen LogP contribution < -0.4 is 4.74 Å². The predicted molar refractivity (Wildman–Crippen MR) is 114 cm³/mol. The molecule has 2 aliphatic rings. The standard InChI is InChI=1S/C25H27NO3/c1-17-4-7-20(8-5-17)9-11-23(28)26-14-12-25(13-15-26)16-22(27)21-10-6-18(2)19(3)24(21)29-25/h4-11H,12-16H2,1-3H3/b11-9+. The molecular weight excluding hydrogens is 362 g/mol. The van der Waals surface area contributed by atoms with Crippen molar-refractivity contribution in [1.29, 1.82) is 0 Å². The van der Waals surface area contributed by atoms with Gasteiger partial charge in [-0.25, -0.2) is 0 Å². The fraction of sp³-hybridized carbons (Fsp3) is 0.360. The largest absolute Gasteiger partial charge is 0.486 e. The average molecular weight is 389 g/mol. The van der Waals surface area contributed by atoms with E-state index in [1.807, 2.05) is 68.1 Å². The molecule has 0 saturated carbocycles. The van der Waals surface area contributed by atoms with Gasteiger partial charge in [0.15, 0.2) is 5.78 Å². The Balaban J connectivity index is 1.43. The lowest BCUT2D eigenvalue weighted by atomic mass is 9.81. The zero-order valence-corrected chi connectivity index (χ0v) is 17.3. The molecule has 1 fully saturated rings. The minimum absolute atomic E-state index is 0.00925. The van der Waals surface area contributed by atoms with Crippen molar-refractivity contribution in [1.82, 2.24) is 4.90 Å². The maximum atomic E-state index is 12.7. The third-order valence-corrected chi connectivity index (χ3v) is 6.26. The quantitative estimate of drug-likeness (QED) is 0.703. The molecule has 1 amide bonds. The molecular formula is C25H27NO3. The molecule has 0 bridgehead atoms. The number of fused-ring (bicyclic) bond motifs is 1. The van der Waals surface area contributed by atoms with Crippen LogP contribution in [0.5, 0.6) is 5.75 Å². The van der Waals surface area contributed by atoms with Crippen molar-refractivity contribution in [3.05, 3.63) is 70.3 Å². The lowest BCUT2D eigenvalue weighted by Gasteiger charge is -2.44. The first-order valence-corrected chi connectivity index (χ1v) is 10.2. The van der Waals surface area contributed by atoms with E-state index in [1.165, 1.54) is 5.56 Å². The highest BCUT2D eigenvalue weighted by Crippen LogP contribution is 2.41. The van der Waals surface area contributed by atoms with E-state index in [9.17, 15) is 9.59 Å². The van der Waals surface area contributed by atoms with Gasteiger partial charge < -0.3 is 9.64 Å². The number of nitrogens with zero attached hydrogens (tertiary/aromatic N) is 1. The molecule has 2 heterocycles. The lowest BCUT2D eigenvalue weighted by Crippen LogP contribution is -2.52. The van der Waals surface area contributed by atoms with Crippen molar-refractivity contribution in [2.45, 2.75) is 45.6 Å². The summed E-state index contributed by atoms with van der Waals surface area (Å²) in [6.45, 7) is 7.29. The molecule has 150 valence electrons. The van der Waals surface area contributed by atoms with E-state index in [1.54, 1.807) is 6.08 Å². The molecule has 1 spiro atoms. The van der Waals surface area contributed by atoms with Crippen LogP contribution in [0.1, 0.15) is 51.9 Å². The number of rotatable bonds is 2. The van der Waals surface area contributed by atoms with E-state index in [2.05, 4.69) is 0 Å². The molecule has 4 nitrogen and oxygen atoms in total. The second kappa shape index (κ2) is 7.51. The molecule has 2 aliphatic heterocycles. The van der Waals surface area contributed by atoms with Crippen LogP contribution in [0, 0.1) is 20.8 Å². The van der Waals surface area contributed by atoms with Gasteiger partial charge in [-0.05, 0) is 49.6 Å². The lowest BCUT2D eigenvalue weighted by molar-refractivity contribution is -0.129. The second-order valence-electron chi connectivity index (χ2n) is 8.34. The molecule has 0 aliphatic carbocycles. The zero-order valence-electron chi connectivity index (χ0n) is 17.3. The van der Waals surface area contributed by atoms with Crippen molar-refractivity contribution in [2.75, 3.05) is 13.1 Å². The summed E-state index contributed by atoms with van der Waals surface area (Å²) in [5.41, 5.74) is 4.58. The zero-order chi connectivity index (χ0) is 20.6. The van der Waals surface area contributed by atoms with Crippen molar-refractivity contribution in [3.8, 4) is 5.75 Å². The Kier molecular flexibility index (Phi) is 5.03. The summed E-state index contributed by atoms with van der Waals surface area (Å²) in [6, 6.07) is 11.9. The number of ketones is 1. The molecule has 4 heteroatoms. The molecule has 2 aromatic carbocycles. The Morgan fingerprint density at radius 3 is 2.41 bits per heavy atom. The van der Waals surface area contributed by atoms with Gasteiger partial charge in [-0.2, -0.15) is 0 Å². The maximum Gasteiger partial charge on any atom is 0.246 e. The van der Waals surface area contributed by atoms with E-state index in [-0.39, 0.29) is 11.7 Å². The first-order valence-electron chi connectivity index (χ1n) is 10.2. The number of amides is 1. The van der Waals surface area contributed by atoms with Crippen LogP contribution in [-0.4, -0.2) is 35.3 Å². The van der Waals surface area contributed by atoms with Crippen LogP contribution in [0.25, 0.3) is 6.08 Å². The minimum atomic E-state index is -0.486. The summed E-state index contributed by atoms with van der Waals surface area (Å²) >= 11 is 0. The maximum absolute atomic E-state index is 12.7. The van der Waals surface area contributed by atoms with Crippen LogP contribution >= 0.6 is 0 Å². The van der Waals surface area contributed by atoms with Gasteiger partial charge in [-0.15, -0.1) is 0 Å². The highest BCUT2D eigenvalue weighted by molar-refractivity contribution is 6.01. The molecule has 29 heavy (non-hydrogen) atoms. The molecule has 0 atom stereocenters. The topological polar surface area (TPSA) is 46.6 Å². The Morgan fingerprint density at radius 2 is 1.72 bits per heavy atom. The van der Waals surface area contributed by atoms with Crippen molar-refractivity contribution < 1.29 is 14.3 Å². The van der Waals surface area contributed by atoms with Gasteiger partial charge in [0.1, 0.15) is 11.4 Å². The Morgan fingerprint density at radius 1 is 1.03 bits per heavy atom. The fourth-order valence-corrected chi connectivity index (χ4v) is 4.15. The van der Waals surface area contributed by atoms with Crippen molar-refractivity contribution >= 4 is 17.8 Å². The summed E-state index contributed by atoms with van der Waals surface area (Å²) < 4.78 is 6.43. The van der Waals surface area contributed by atoms with Crippen molar-refractivity contribution in [2.24, 2.45) is 0 Å². The van der Waals surface area contributed by atoms with Crippen LogP contribution in [0.2, 0.25) is 0 Å². The highest BCUT2D eigenvalue weighted by Gasteiger charge is 2.44. The average Bonchev–Trinajstić information content (AvgIpc) is 2.71. The normalized spacial score (nSPS) is 18.0. The molecule has 1 saturated heterocycles. The van der Waals surface area contributed by atoms with E-state index >= 15 is 0 Å². The van der Waals surface area contributed by atoms with Crippen LogP contribution in [-0.2, 0) is 4.79 Å². The number of aryl methyl sites for hydroxylation is 2. The van der Waals surface area contributed by atoms with E-state index in [0.717, 1.165) is 22.4 Å². The Labute approximate surface area is 172 Å². The minimum Gasteiger partial charge on any atom is -0.486 e. The first kappa shape index (κ1) is 19.4. The van der Waals surface area contributed by atoms with E-state index in [0.29, 0.717) is 37.9 Å². The number of benzene rings is 2. The van der Waals surface area contributed by atoms with Crippen molar-refractivity contribution in [3.63, 3.8) is 0 Å². The third kappa shape index (κ3) is 3.84. The van der Waals surface area contributed by atoms with Gasteiger partial charge >= 0.3 is 0 Å². The second-order valence-corrected chi connectivity index (χ2v) is 8.34. The highest BCUT2D eigenvalue weighted by atomic mass is 16.5. The Hall–Kier alpha value is -2.88. The molecule has 0 radical (unpaired) electrons. The number of ether oxygens (including phenoxy) is 1. The van der Waals surface area contributed by atoms with Gasteiger partial charge in [0.25, 0.3) is 0 Å².